The molecule has 0 amide bonds. The van der Waals surface area contributed by atoms with Crippen molar-refractivity contribution in [3.8, 4) is 6.07 Å². The van der Waals surface area contributed by atoms with Gasteiger partial charge in [0.25, 0.3) is 0 Å². The van der Waals surface area contributed by atoms with Gasteiger partial charge in [-0.1, -0.05) is 6.07 Å². The number of nitrogens with one attached hydrogen (secondary N) is 1. The summed E-state index contributed by atoms with van der Waals surface area (Å²) >= 11 is 0. The number of carbonyl (C=O) groups is 1. The van der Waals surface area contributed by atoms with E-state index in [1.807, 2.05) is 14.1 Å². The Balaban J connectivity index is 2.02. The van der Waals surface area contributed by atoms with Crippen LogP contribution in [0, 0.1) is 11.3 Å². The number of anilines is 1. The minimum Gasteiger partial charge on any atom is -0.379 e. The summed E-state index contributed by atoms with van der Waals surface area (Å²) < 4.78 is 0. The first-order valence-corrected chi connectivity index (χ1v) is 8.64. The van der Waals surface area contributed by atoms with Crippen molar-refractivity contribution in [1.82, 2.24) is 5.32 Å². The fourth-order valence-corrected chi connectivity index (χ4v) is 3.24. The van der Waals surface area contributed by atoms with Crippen molar-refractivity contribution in [1.29, 1.82) is 5.26 Å². The molecule has 0 spiro atoms. The van der Waals surface area contributed by atoms with Crippen LogP contribution in [-0.4, -0.2) is 25.4 Å². The summed E-state index contributed by atoms with van der Waals surface area (Å²) in [5.41, 5.74) is 5.25. The average molecular weight is 345 g/mol. The second-order valence-corrected chi connectivity index (χ2v) is 7.53. The van der Waals surface area contributed by atoms with Crippen LogP contribution >= 0.6 is 0 Å². The van der Waals surface area contributed by atoms with Crippen molar-refractivity contribution in [3.05, 3.63) is 70.8 Å². The van der Waals surface area contributed by atoms with Gasteiger partial charge in [0.1, 0.15) is 0 Å². The Hall–Kier alpha value is -3.06. The second kappa shape index (κ2) is 6.68. The molecule has 2 aromatic rings. The van der Waals surface area contributed by atoms with Crippen molar-refractivity contribution in [2.45, 2.75) is 25.8 Å². The molecule has 0 saturated carbocycles. The Morgan fingerprint density at radius 2 is 1.88 bits per heavy atom. The van der Waals surface area contributed by atoms with Crippen LogP contribution in [0.5, 0.6) is 0 Å². The molecule has 3 rings (SSSR count). The van der Waals surface area contributed by atoms with Crippen LogP contribution in [0.4, 0.5) is 5.69 Å². The smallest absolute Gasteiger partial charge is 0.187 e. The largest absolute Gasteiger partial charge is 0.379 e. The zero-order valence-electron chi connectivity index (χ0n) is 15.6. The third-order valence-corrected chi connectivity index (χ3v) is 4.58. The molecule has 4 nitrogen and oxygen atoms in total. The minimum absolute atomic E-state index is 0.0732. The number of nitrogens with zero attached hydrogens (tertiary/aromatic N) is 2. The van der Waals surface area contributed by atoms with E-state index in [4.69, 9.17) is 5.26 Å². The van der Waals surface area contributed by atoms with Crippen molar-refractivity contribution < 1.29 is 4.79 Å². The Labute approximate surface area is 154 Å². The average Bonchev–Trinajstić information content (AvgIpc) is 2.60. The molecule has 0 bridgehead atoms. The molecule has 1 aliphatic rings. The van der Waals surface area contributed by atoms with E-state index in [9.17, 15) is 4.79 Å². The fourth-order valence-electron chi connectivity index (χ4n) is 3.24. The highest BCUT2D eigenvalue weighted by Gasteiger charge is 2.28. The third kappa shape index (κ3) is 3.62. The monoisotopic (exact) mass is 345 g/mol. The molecule has 26 heavy (non-hydrogen) atoms. The number of carbonyl (C=O) groups excluding carboxylic acids is 1. The molecule has 4 heteroatoms. The molecule has 0 aromatic heterocycles. The summed E-state index contributed by atoms with van der Waals surface area (Å²) in [6, 6.07) is 15.2. The molecule has 0 atom stereocenters. The number of hydrogen-bond acceptors (Lipinski definition) is 4. The molecule has 0 saturated heterocycles. The molecule has 1 N–H and O–H groups in total. The maximum absolute atomic E-state index is 12.7. The Bertz CT molecular complexity index is 915. The van der Waals surface area contributed by atoms with E-state index in [-0.39, 0.29) is 11.3 Å². The number of hydrogen-bond donors (Lipinski definition) is 1. The van der Waals surface area contributed by atoms with Crippen LogP contribution in [0.25, 0.3) is 5.70 Å². The predicted octanol–water partition coefficient (Wildman–Crippen LogP) is 3.77. The molecule has 0 unspecified atom stereocenters. The normalized spacial score (nSPS) is 16.3. The van der Waals surface area contributed by atoms with E-state index < -0.39 is 0 Å². The maximum Gasteiger partial charge on any atom is 0.187 e. The van der Waals surface area contributed by atoms with Gasteiger partial charge in [-0.3, -0.25) is 4.79 Å². The van der Waals surface area contributed by atoms with Crippen molar-refractivity contribution in [2.75, 3.05) is 19.0 Å². The van der Waals surface area contributed by atoms with Crippen LogP contribution in [0.1, 0.15) is 40.9 Å². The lowest BCUT2D eigenvalue weighted by Gasteiger charge is -2.36. The summed E-state index contributed by atoms with van der Waals surface area (Å²) in [5, 5.41) is 12.4. The number of nitriles is 1. The molecule has 2 aromatic carbocycles. The lowest BCUT2D eigenvalue weighted by molar-refractivity contribution is 0.104. The molecule has 132 valence electrons. The Kier molecular flexibility index (Phi) is 4.56. The first kappa shape index (κ1) is 17.8. The van der Waals surface area contributed by atoms with E-state index in [1.165, 1.54) is 5.56 Å². The quantitative estimate of drug-likeness (QED) is 0.679. The highest BCUT2D eigenvalue weighted by atomic mass is 16.1. The van der Waals surface area contributed by atoms with Crippen LogP contribution in [0.3, 0.4) is 0 Å². The van der Waals surface area contributed by atoms with Gasteiger partial charge in [-0.2, -0.15) is 5.26 Å². The Morgan fingerprint density at radius 3 is 2.50 bits per heavy atom. The first-order valence-electron chi connectivity index (χ1n) is 8.64. The van der Waals surface area contributed by atoms with Crippen LogP contribution < -0.4 is 10.2 Å². The van der Waals surface area contributed by atoms with Crippen LogP contribution in [-0.2, 0) is 6.42 Å². The predicted molar refractivity (Wildman–Crippen MR) is 105 cm³/mol. The van der Waals surface area contributed by atoms with Gasteiger partial charge in [-0.05, 0) is 62.2 Å². The highest BCUT2D eigenvalue weighted by molar-refractivity contribution is 6.08. The van der Waals surface area contributed by atoms with Crippen molar-refractivity contribution >= 4 is 17.2 Å². The summed E-state index contributed by atoms with van der Waals surface area (Å²) in [5.74, 6) is -0.0732. The molecular weight excluding hydrogens is 322 g/mol. The van der Waals surface area contributed by atoms with Gasteiger partial charge in [0, 0.05) is 48.2 Å². The zero-order chi connectivity index (χ0) is 18.9. The zero-order valence-corrected chi connectivity index (χ0v) is 15.6. The van der Waals surface area contributed by atoms with E-state index in [1.54, 1.807) is 30.3 Å². The molecule has 0 radical (unpaired) electrons. The summed E-state index contributed by atoms with van der Waals surface area (Å²) in [6.07, 6.45) is 2.57. The molecule has 1 heterocycles. The molecular formula is C22H23N3O. The fraction of sp³-hybridized carbons (Fsp3) is 0.273. The van der Waals surface area contributed by atoms with E-state index >= 15 is 0 Å². The SMILES string of the molecule is CN(C)c1ccc2c(c1)/C(=C/C(=O)c1ccc(C#N)cc1)NC(C)(C)C2. The number of fused-ring (bicyclic) bond motifs is 1. The van der Waals surface area contributed by atoms with Crippen molar-refractivity contribution in [2.24, 2.45) is 0 Å². The summed E-state index contributed by atoms with van der Waals surface area (Å²) in [6.45, 7) is 4.27. The molecule has 1 aliphatic heterocycles. The first-order chi connectivity index (χ1) is 12.3. The van der Waals surface area contributed by atoms with E-state index in [0.717, 1.165) is 23.4 Å². The van der Waals surface area contributed by atoms with E-state index in [0.29, 0.717) is 11.1 Å². The topological polar surface area (TPSA) is 56.1 Å². The van der Waals surface area contributed by atoms with E-state index in [2.05, 4.69) is 48.3 Å². The lowest BCUT2D eigenvalue weighted by Crippen LogP contribution is -2.43. The van der Waals surface area contributed by atoms with Crippen LogP contribution in [0.2, 0.25) is 0 Å². The summed E-state index contributed by atoms with van der Waals surface area (Å²) in [7, 11) is 4.01. The lowest BCUT2D eigenvalue weighted by atomic mass is 9.85. The Morgan fingerprint density at radius 1 is 1.19 bits per heavy atom. The number of allylic oxidation sites excluding steroid dienone is 1. The van der Waals surface area contributed by atoms with Crippen LogP contribution in [0.15, 0.2) is 48.5 Å². The van der Waals surface area contributed by atoms with Gasteiger partial charge < -0.3 is 10.2 Å². The number of ketones is 1. The maximum atomic E-state index is 12.7. The number of benzene rings is 2. The third-order valence-electron chi connectivity index (χ3n) is 4.58. The minimum atomic E-state index is -0.122. The van der Waals surface area contributed by atoms with Crippen molar-refractivity contribution in [3.63, 3.8) is 0 Å². The molecule has 0 aliphatic carbocycles. The van der Waals surface area contributed by atoms with Gasteiger partial charge in [0.15, 0.2) is 5.78 Å². The van der Waals surface area contributed by atoms with Gasteiger partial charge in [-0.15, -0.1) is 0 Å². The molecule has 0 fully saturated rings. The standard InChI is InChI=1S/C22H23N3O/c1-22(2)13-17-9-10-18(25(3)4)11-19(17)20(24-22)12-21(26)16-7-5-15(14-23)6-8-16/h5-12,24H,13H2,1-4H3/b20-12-. The number of rotatable bonds is 3. The van der Waals surface area contributed by atoms with Gasteiger partial charge in [0.2, 0.25) is 0 Å². The van der Waals surface area contributed by atoms with Gasteiger partial charge in [-0.25, -0.2) is 0 Å². The highest BCUT2D eigenvalue weighted by Crippen LogP contribution is 2.32. The summed E-state index contributed by atoms with van der Waals surface area (Å²) in [4.78, 5) is 14.8. The van der Waals surface area contributed by atoms with Gasteiger partial charge in [0.05, 0.1) is 11.6 Å². The van der Waals surface area contributed by atoms with Gasteiger partial charge >= 0.3 is 0 Å². The second-order valence-electron chi connectivity index (χ2n) is 7.53.